The molecule has 0 atom stereocenters. The molecule has 2 rings (SSSR count). The minimum absolute atomic E-state index is 0.129. The van der Waals surface area contributed by atoms with Gasteiger partial charge in [-0.25, -0.2) is 4.79 Å². The molecule has 0 fully saturated rings. The van der Waals surface area contributed by atoms with Crippen molar-refractivity contribution in [3.05, 3.63) is 46.5 Å². The molecule has 8 nitrogen and oxygen atoms in total. The highest BCUT2D eigenvalue weighted by Gasteiger charge is 2.17. The topological polar surface area (TPSA) is 106 Å². The largest absolute Gasteiger partial charge is 0.495 e. The number of nitrogens with one attached hydrogen (secondary N) is 2. The summed E-state index contributed by atoms with van der Waals surface area (Å²) in [5.74, 6) is -0.0519. The van der Waals surface area contributed by atoms with E-state index < -0.39 is 5.97 Å². The molecule has 0 unspecified atom stereocenters. The SMILES string of the molecule is COc1ccc(C(=O)O)cc1NCc1cc(OC)c(OCC(=O)NC(C)(C)C)cc1Cl. The van der Waals surface area contributed by atoms with Gasteiger partial charge in [0.2, 0.25) is 0 Å². The average molecular weight is 451 g/mol. The predicted octanol–water partition coefficient (Wildman–Crippen LogP) is 3.96. The number of anilines is 1. The van der Waals surface area contributed by atoms with Crippen LogP contribution in [-0.4, -0.2) is 43.3 Å². The van der Waals surface area contributed by atoms with Gasteiger partial charge in [0.25, 0.3) is 5.91 Å². The first-order valence-electron chi connectivity index (χ1n) is 9.49. The highest BCUT2D eigenvalue weighted by molar-refractivity contribution is 6.31. The molecule has 0 spiro atoms. The first kappa shape index (κ1) is 24.1. The number of hydrogen-bond donors (Lipinski definition) is 3. The monoisotopic (exact) mass is 450 g/mol. The van der Waals surface area contributed by atoms with Gasteiger partial charge in [0.05, 0.1) is 25.5 Å². The van der Waals surface area contributed by atoms with E-state index in [-0.39, 0.29) is 30.2 Å². The van der Waals surface area contributed by atoms with E-state index in [9.17, 15) is 14.7 Å². The number of benzene rings is 2. The van der Waals surface area contributed by atoms with E-state index in [2.05, 4.69) is 10.6 Å². The number of carbonyl (C=O) groups is 2. The lowest BCUT2D eigenvalue weighted by atomic mass is 10.1. The molecule has 0 aliphatic rings. The first-order chi connectivity index (χ1) is 14.5. The summed E-state index contributed by atoms with van der Waals surface area (Å²) in [6, 6.07) is 7.79. The maximum Gasteiger partial charge on any atom is 0.335 e. The molecule has 0 aliphatic carbocycles. The zero-order valence-corrected chi connectivity index (χ0v) is 18.9. The van der Waals surface area contributed by atoms with Crippen LogP contribution < -0.4 is 24.8 Å². The van der Waals surface area contributed by atoms with Gasteiger partial charge in [-0.05, 0) is 50.6 Å². The number of aromatic carboxylic acids is 1. The summed E-state index contributed by atoms with van der Waals surface area (Å²) >= 11 is 6.40. The average Bonchev–Trinajstić information content (AvgIpc) is 2.69. The summed E-state index contributed by atoms with van der Waals surface area (Å²) in [5, 5.41) is 15.5. The van der Waals surface area contributed by atoms with Gasteiger partial charge in [-0.1, -0.05) is 11.6 Å². The molecule has 0 bridgehead atoms. The number of hydrogen-bond acceptors (Lipinski definition) is 6. The van der Waals surface area contributed by atoms with Crippen molar-refractivity contribution in [2.75, 3.05) is 26.1 Å². The van der Waals surface area contributed by atoms with Crippen molar-refractivity contribution in [3.8, 4) is 17.2 Å². The maximum atomic E-state index is 12.0. The molecular weight excluding hydrogens is 424 g/mol. The molecule has 2 aromatic rings. The summed E-state index contributed by atoms with van der Waals surface area (Å²) in [5.41, 5.74) is 0.963. The van der Waals surface area contributed by atoms with Crippen molar-refractivity contribution < 1.29 is 28.9 Å². The summed E-state index contributed by atoms with van der Waals surface area (Å²) < 4.78 is 16.2. The second-order valence-corrected chi connectivity index (χ2v) is 8.16. The van der Waals surface area contributed by atoms with Crippen LogP contribution in [0, 0.1) is 0 Å². The normalized spacial score (nSPS) is 10.9. The summed E-state index contributed by atoms with van der Waals surface area (Å²) in [7, 11) is 2.99. The Hall–Kier alpha value is -3.13. The third-order valence-electron chi connectivity index (χ3n) is 4.12. The van der Waals surface area contributed by atoms with Gasteiger partial charge in [0, 0.05) is 23.2 Å². The van der Waals surface area contributed by atoms with Crippen LogP contribution in [0.1, 0.15) is 36.7 Å². The smallest absolute Gasteiger partial charge is 0.335 e. The van der Waals surface area contributed by atoms with Gasteiger partial charge >= 0.3 is 5.97 Å². The molecule has 0 saturated heterocycles. The number of carboxylic acids is 1. The Morgan fingerprint density at radius 2 is 1.71 bits per heavy atom. The van der Waals surface area contributed by atoms with Crippen molar-refractivity contribution in [1.29, 1.82) is 0 Å². The van der Waals surface area contributed by atoms with E-state index in [1.165, 1.54) is 26.4 Å². The molecule has 9 heteroatoms. The van der Waals surface area contributed by atoms with Gasteiger partial charge in [-0.2, -0.15) is 0 Å². The summed E-state index contributed by atoms with van der Waals surface area (Å²) in [6.45, 7) is 5.74. The molecule has 0 aromatic heterocycles. The van der Waals surface area contributed by atoms with E-state index in [1.807, 2.05) is 20.8 Å². The van der Waals surface area contributed by atoms with Gasteiger partial charge in [0.1, 0.15) is 5.75 Å². The van der Waals surface area contributed by atoms with Crippen molar-refractivity contribution in [2.45, 2.75) is 32.9 Å². The quantitative estimate of drug-likeness (QED) is 0.530. The van der Waals surface area contributed by atoms with Gasteiger partial charge in [-0.15, -0.1) is 0 Å². The zero-order valence-electron chi connectivity index (χ0n) is 18.2. The van der Waals surface area contributed by atoms with Crippen LogP contribution >= 0.6 is 11.6 Å². The Morgan fingerprint density at radius 1 is 1.03 bits per heavy atom. The fourth-order valence-electron chi connectivity index (χ4n) is 2.75. The molecular formula is C22H27ClN2O6. The first-order valence-corrected chi connectivity index (χ1v) is 9.87. The highest BCUT2D eigenvalue weighted by atomic mass is 35.5. The van der Waals surface area contributed by atoms with Crippen molar-refractivity contribution >= 4 is 29.2 Å². The number of ether oxygens (including phenoxy) is 3. The number of rotatable bonds is 9. The van der Waals surface area contributed by atoms with Gasteiger partial charge < -0.3 is 30.0 Å². The highest BCUT2D eigenvalue weighted by Crippen LogP contribution is 2.34. The van der Waals surface area contributed by atoms with Crippen LogP contribution in [0.3, 0.4) is 0 Å². The predicted molar refractivity (Wildman–Crippen MR) is 119 cm³/mol. The fourth-order valence-corrected chi connectivity index (χ4v) is 2.97. The molecule has 0 aliphatic heterocycles. The molecule has 1 amide bonds. The molecule has 3 N–H and O–H groups in total. The van der Waals surface area contributed by atoms with Crippen LogP contribution in [0.2, 0.25) is 5.02 Å². The van der Waals surface area contributed by atoms with E-state index in [0.717, 1.165) is 0 Å². The number of amides is 1. The lowest BCUT2D eigenvalue weighted by Crippen LogP contribution is -2.43. The van der Waals surface area contributed by atoms with Crippen molar-refractivity contribution in [2.24, 2.45) is 0 Å². The van der Waals surface area contributed by atoms with Crippen molar-refractivity contribution in [1.82, 2.24) is 5.32 Å². The summed E-state index contributed by atoms with van der Waals surface area (Å²) in [6.07, 6.45) is 0. The number of carboxylic acid groups (broad SMARTS) is 1. The number of carbonyl (C=O) groups excluding carboxylic acids is 1. The molecule has 0 saturated carbocycles. The molecule has 0 heterocycles. The van der Waals surface area contributed by atoms with Gasteiger partial charge in [-0.3, -0.25) is 4.79 Å². The fraction of sp³-hybridized carbons (Fsp3) is 0.364. The van der Waals surface area contributed by atoms with Crippen molar-refractivity contribution in [3.63, 3.8) is 0 Å². The number of halogens is 1. The van der Waals surface area contributed by atoms with E-state index in [4.69, 9.17) is 25.8 Å². The second-order valence-electron chi connectivity index (χ2n) is 7.76. The van der Waals surface area contributed by atoms with Crippen LogP contribution in [-0.2, 0) is 11.3 Å². The third-order valence-corrected chi connectivity index (χ3v) is 4.47. The molecule has 0 radical (unpaired) electrons. The molecule has 2 aromatic carbocycles. The summed E-state index contributed by atoms with van der Waals surface area (Å²) in [4.78, 5) is 23.2. The van der Waals surface area contributed by atoms with E-state index in [1.54, 1.807) is 18.2 Å². The Kier molecular flexibility index (Phi) is 7.99. The molecule has 168 valence electrons. The third kappa shape index (κ3) is 6.96. The zero-order chi connectivity index (χ0) is 23.2. The Balaban J connectivity index is 2.16. The van der Waals surface area contributed by atoms with Gasteiger partial charge in [0.15, 0.2) is 18.1 Å². The van der Waals surface area contributed by atoms with Crippen LogP contribution in [0.15, 0.2) is 30.3 Å². The minimum atomic E-state index is -1.04. The Morgan fingerprint density at radius 3 is 2.29 bits per heavy atom. The standard InChI is InChI=1S/C22H27ClN2O6/c1-22(2,3)25-20(26)12-31-19-10-15(23)14(9-18(19)30-5)11-24-16-8-13(21(27)28)6-7-17(16)29-4/h6-10,24H,11-12H2,1-5H3,(H,25,26)(H,27,28). The van der Waals surface area contributed by atoms with Crippen LogP contribution in [0.4, 0.5) is 5.69 Å². The lowest BCUT2D eigenvalue weighted by Gasteiger charge is -2.21. The van der Waals surface area contributed by atoms with Crippen LogP contribution in [0.5, 0.6) is 17.2 Å². The van der Waals surface area contributed by atoms with Crippen LogP contribution in [0.25, 0.3) is 0 Å². The number of methoxy groups -OCH3 is 2. The Bertz CT molecular complexity index is 956. The van der Waals surface area contributed by atoms with E-state index >= 15 is 0 Å². The maximum absolute atomic E-state index is 12.0. The second kappa shape index (κ2) is 10.3. The lowest BCUT2D eigenvalue weighted by molar-refractivity contribution is -0.124. The Labute approximate surface area is 186 Å². The minimum Gasteiger partial charge on any atom is -0.495 e. The van der Waals surface area contributed by atoms with E-state index in [0.29, 0.717) is 33.5 Å². The molecule has 31 heavy (non-hydrogen) atoms.